The average Bonchev–Trinajstić information content (AvgIpc) is 2.18. The average molecular weight is 195 g/mol. The third-order valence-electron chi connectivity index (χ3n) is 2.17. The Hall–Kier alpha value is -0.890. The van der Waals surface area contributed by atoms with Gasteiger partial charge in [0.1, 0.15) is 0 Å². The zero-order valence-corrected chi connectivity index (χ0v) is 8.62. The van der Waals surface area contributed by atoms with Gasteiger partial charge in [-0.25, -0.2) is 0 Å². The molecular weight excluding hydrogens is 178 g/mol. The van der Waals surface area contributed by atoms with Gasteiger partial charge in [-0.1, -0.05) is 6.58 Å². The Bertz CT molecular complexity index is 234. The molecule has 0 saturated carbocycles. The minimum Gasteiger partial charge on any atom is -0.361 e. The summed E-state index contributed by atoms with van der Waals surface area (Å²) in [6, 6.07) is 2.13. The van der Waals surface area contributed by atoms with E-state index < -0.39 is 0 Å². The van der Waals surface area contributed by atoms with Crippen LogP contribution in [0, 0.1) is 11.3 Å². The summed E-state index contributed by atoms with van der Waals surface area (Å²) in [5.74, 6) is 0. The summed E-state index contributed by atoms with van der Waals surface area (Å²) < 4.78 is 5.25. The highest BCUT2D eigenvalue weighted by Gasteiger charge is 2.19. The summed E-state index contributed by atoms with van der Waals surface area (Å²) in [4.78, 5) is 2.21. The van der Waals surface area contributed by atoms with Crippen LogP contribution < -0.4 is 5.32 Å². The first-order chi connectivity index (χ1) is 6.76. The fraction of sp³-hybridized carbons (Fsp3) is 0.700. The molecule has 4 heteroatoms. The van der Waals surface area contributed by atoms with Gasteiger partial charge in [0.2, 0.25) is 0 Å². The molecule has 0 aromatic heterocycles. The van der Waals surface area contributed by atoms with Crippen LogP contribution in [0.1, 0.15) is 0 Å². The molecule has 1 atom stereocenters. The molecule has 1 fully saturated rings. The van der Waals surface area contributed by atoms with E-state index in [0.29, 0.717) is 13.2 Å². The van der Waals surface area contributed by atoms with Gasteiger partial charge < -0.3 is 10.1 Å². The van der Waals surface area contributed by atoms with Crippen LogP contribution >= 0.6 is 0 Å². The molecule has 1 unspecified atom stereocenters. The fourth-order valence-corrected chi connectivity index (χ4v) is 1.55. The van der Waals surface area contributed by atoms with Gasteiger partial charge in [-0.3, -0.25) is 4.90 Å². The molecule has 1 aliphatic heterocycles. The third kappa shape index (κ3) is 3.46. The number of hydrogen-bond donors (Lipinski definition) is 1. The second-order valence-electron chi connectivity index (χ2n) is 3.50. The van der Waals surface area contributed by atoms with Crippen LogP contribution in [0.25, 0.3) is 0 Å². The Morgan fingerprint density at radius 3 is 3.21 bits per heavy atom. The number of rotatable bonds is 4. The lowest BCUT2D eigenvalue weighted by molar-refractivity contribution is 0.00411. The summed E-state index contributed by atoms with van der Waals surface area (Å²) in [6.07, 6.45) is -0.272. The van der Waals surface area contributed by atoms with E-state index in [2.05, 4.69) is 22.9 Å². The molecule has 0 spiro atoms. The Morgan fingerprint density at radius 1 is 1.79 bits per heavy atom. The summed E-state index contributed by atoms with van der Waals surface area (Å²) in [6.45, 7) is 7.87. The monoisotopic (exact) mass is 195 g/mol. The second-order valence-corrected chi connectivity index (χ2v) is 3.50. The lowest BCUT2D eigenvalue weighted by Crippen LogP contribution is -2.43. The Labute approximate surface area is 85.1 Å². The molecule has 14 heavy (non-hydrogen) atoms. The van der Waals surface area contributed by atoms with E-state index in [1.165, 1.54) is 0 Å². The van der Waals surface area contributed by atoms with E-state index in [9.17, 15) is 0 Å². The van der Waals surface area contributed by atoms with Crippen molar-refractivity contribution in [2.75, 3.05) is 39.8 Å². The maximum atomic E-state index is 8.71. The molecule has 4 nitrogen and oxygen atoms in total. The van der Waals surface area contributed by atoms with E-state index in [-0.39, 0.29) is 6.10 Å². The predicted octanol–water partition coefficient (Wildman–Crippen LogP) is -0.0136. The molecular formula is C10H17N3O. The van der Waals surface area contributed by atoms with E-state index in [4.69, 9.17) is 10.00 Å². The maximum absolute atomic E-state index is 8.71. The van der Waals surface area contributed by atoms with Crippen molar-refractivity contribution in [1.82, 2.24) is 10.2 Å². The fourth-order valence-electron chi connectivity index (χ4n) is 1.55. The molecule has 1 rings (SSSR count). The largest absolute Gasteiger partial charge is 0.361 e. The van der Waals surface area contributed by atoms with Crippen LogP contribution in [0.4, 0.5) is 0 Å². The van der Waals surface area contributed by atoms with E-state index in [1.807, 2.05) is 7.05 Å². The second kappa shape index (κ2) is 5.76. The van der Waals surface area contributed by atoms with Gasteiger partial charge in [0.05, 0.1) is 12.7 Å². The number of likely N-dealkylation sites (N-methyl/N-ethyl adjacent to an activating group) is 1. The van der Waals surface area contributed by atoms with Gasteiger partial charge in [-0.05, 0) is 12.6 Å². The van der Waals surface area contributed by atoms with E-state index >= 15 is 0 Å². The van der Waals surface area contributed by atoms with Crippen molar-refractivity contribution < 1.29 is 4.74 Å². The first-order valence-corrected chi connectivity index (χ1v) is 4.81. The zero-order chi connectivity index (χ0) is 10.4. The lowest BCUT2D eigenvalue weighted by atomic mass is 10.2. The Kier molecular flexibility index (Phi) is 4.60. The van der Waals surface area contributed by atoms with Crippen LogP contribution in [-0.4, -0.2) is 50.8 Å². The lowest BCUT2D eigenvalue weighted by Gasteiger charge is -2.30. The third-order valence-corrected chi connectivity index (χ3v) is 2.17. The van der Waals surface area contributed by atoms with Crippen molar-refractivity contribution >= 4 is 0 Å². The highest BCUT2D eigenvalue weighted by atomic mass is 16.5. The number of morpholine rings is 1. The van der Waals surface area contributed by atoms with Crippen molar-refractivity contribution in [3.63, 3.8) is 0 Å². The zero-order valence-electron chi connectivity index (χ0n) is 8.62. The highest BCUT2D eigenvalue weighted by Crippen LogP contribution is 2.05. The molecule has 1 aliphatic rings. The number of hydrogen-bond acceptors (Lipinski definition) is 4. The first kappa shape index (κ1) is 11.2. The van der Waals surface area contributed by atoms with Crippen LogP contribution in [-0.2, 0) is 4.74 Å². The molecule has 78 valence electrons. The molecule has 0 amide bonds. The molecule has 1 saturated heterocycles. The minimum atomic E-state index is -0.272. The van der Waals surface area contributed by atoms with E-state index in [0.717, 1.165) is 25.2 Å². The first-order valence-electron chi connectivity index (χ1n) is 4.81. The molecule has 1 N–H and O–H groups in total. The molecule has 1 heterocycles. The van der Waals surface area contributed by atoms with Gasteiger partial charge in [-0.15, -0.1) is 0 Å². The van der Waals surface area contributed by atoms with Gasteiger partial charge in [0.25, 0.3) is 0 Å². The smallest absolute Gasteiger partial charge is 0.156 e. The normalized spacial score (nSPS) is 23.0. The van der Waals surface area contributed by atoms with Crippen LogP contribution in [0.2, 0.25) is 0 Å². The van der Waals surface area contributed by atoms with Gasteiger partial charge >= 0.3 is 0 Å². The Balaban J connectivity index is 2.31. The number of ether oxygens (including phenoxy) is 1. The molecule has 0 bridgehead atoms. The molecule has 0 aliphatic carbocycles. The van der Waals surface area contributed by atoms with Crippen LogP contribution in [0.5, 0.6) is 0 Å². The number of nitrogens with zero attached hydrogens (tertiary/aromatic N) is 2. The predicted molar refractivity (Wildman–Crippen MR) is 54.9 cm³/mol. The number of nitrogens with one attached hydrogen (secondary N) is 1. The van der Waals surface area contributed by atoms with Gasteiger partial charge in [-0.2, -0.15) is 5.26 Å². The molecule has 0 radical (unpaired) electrons. The maximum Gasteiger partial charge on any atom is 0.156 e. The topological polar surface area (TPSA) is 48.3 Å². The van der Waals surface area contributed by atoms with Crippen molar-refractivity contribution in [3.05, 3.63) is 12.2 Å². The van der Waals surface area contributed by atoms with Crippen LogP contribution in [0.3, 0.4) is 0 Å². The molecule has 0 aromatic carbocycles. The number of nitriles is 1. The van der Waals surface area contributed by atoms with Crippen molar-refractivity contribution in [2.24, 2.45) is 0 Å². The standard InChI is InChI=1S/C10H17N3O/c1-9(6-12-2)7-13-3-4-14-10(5-11)8-13/h10,12H,1,3-4,6-8H2,2H3. The van der Waals surface area contributed by atoms with Crippen LogP contribution in [0.15, 0.2) is 12.2 Å². The van der Waals surface area contributed by atoms with Crippen molar-refractivity contribution in [2.45, 2.75) is 6.10 Å². The van der Waals surface area contributed by atoms with Gasteiger partial charge in [0, 0.05) is 26.2 Å². The summed E-state index contributed by atoms with van der Waals surface area (Å²) in [5.41, 5.74) is 1.14. The summed E-state index contributed by atoms with van der Waals surface area (Å²) >= 11 is 0. The minimum absolute atomic E-state index is 0.272. The van der Waals surface area contributed by atoms with Gasteiger partial charge in [0.15, 0.2) is 6.10 Å². The van der Waals surface area contributed by atoms with Crippen molar-refractivity contribution in [3.8, 4) is 6.07 Å². The summed E-state index contributed by atoms with van der Waals surface area (Å²) in [5, 5.41) is 11.8. The summed E-state index contributed by atoms with van der Waals surface area (Å²) in [7, 11) is 1.91. The van der Waals surface area contributed by atoms with E-state index in [1.54, 1.807) is 0 Å². The highest BCUT2D eigenvalue weighted by molar-refractivity contribution is 5.01. The quantitative estimate of drug-likeness (QED) is 0.641. The Morgan fingerprint density at radius 2 is 2.57 bits per heavy atom. The SMILES string of the molecule is C=C(CNC)CN1CCOC(C#N)C1. The molecule has 0 aromatic rings. The van der Waals surface area contributed by atoms with Crippen molar-refractivity contribution in [1.29, 1.82) is 5.26 Å².